The lowest BCUT2D eigenvalue weighted by Gasteiger charge is -2.27. The summed E-state index contributed by atoms with van der Waals surface area (Å²) in [5.74, 6) is -0.844. The highest BCUT2D eigenvalue weighted by molar-refractivity contribution is 7.92. The molecule has 1 heterocycles. The maximum absolute atomic E-state index is 13.0. The number of hydrogen-bond acceptors (Lipinski definition) is 6. The summed E-state index contributed by atoms with van der Waals surface area (Å²) < 4.78 is 38.7. The summed E-state index contributed by atoms with van der Waals surface area (Å²) in [4.78, 5) is 26.2. The SMILES string of the molecule is COc1ccc(S(=O)(=O)Nc2ccc(-c3ccc4c(c3)C(=O)N([C@H](C(=O)O)C(C)C)C4)cc2)cc1OC. The second-order valence-corrected chi connectivity index (χ2v) is 10.7. The summed E-state index contributed by atoms with van der Waals surface area (Å²) >= 11 is 0. The number of nitrogens with zero attached hydrogens (tertiary/aromatic N) is 1. The Morgan fingerprint density at radius 1 is 0.946 bits per heavy atom. The van der Waals surface area contributed by atoms with Gasteiger partial charge in [0.05, 0.1) is 19.1 Å². The minimum Gasteiger partial charge on any atom is -0.493 e. The molecule has 0 radical (unpaired) electrons. The van der Waals surface area contributed by atoms with Crippen LogP contribution in [-0.4, -0.2) is 50.6 Å². The number of carbonyl (C=O) groups is 2. The van der Waals surface area contributed by atoms with Crippen LogP contribution >= 0.6 is 0 Å². The number of benzene rings is 3. The van der Waals surface area contributed by atoms with E-state index < -0.39 is 22.0 Å². The van der Waals surface area contributed by atoms with Crippen LogP contribution < -0.4 is 14.2 Å². The first-order valence-electron chi connectivity index (χ1n) is 11.6. The first kappa shape index (κ1) is 26.0. The monoisotopic (exact) mass is 524 g/mol. The predicted octanol–water partition coefficient (Wildman–Crippen LogP) is 4.24. The van der Waals surface area contributed by atoms with Gasteiger partial charge in [-0.2, -0.15) is 0 Å². The highest BCUT2D eigenvalue weighted by atomic mass is 32.2. The van der Waals surface area contributed by atoms with Crippen LogP contribution in [0.1, 0.15) is 29.8 Å². The normalized spacial score (nSPS) is 13.9. The topological polar surface area (TPSA) is 122 Å². The van der Waals surface area contributed by atoms with E-state index in [-0.39, 0.29) is 23.3 Å². The zero-order valence-corrected chi connectivity index (χ0v) is 21.7. The smallest absolute Gasteiger partial charge is 0.326 e. The zero-order valence-electron chi connectivity index (χ0n) is 20.9. The molecule has 0 aliphatic carbocycles. The number of carboxylic acid groups (broad SMARTS) is 1. The van der Waals surface area contributed by atoms with Crippen LogP contribution in [0.15, 0.2) is 65.6 Å². The van der Waals surface area contributed by atoms with E-state index in [1.807, 2.05) is 12.1 Å². The van der Waals surface area contributed by atoms with Crippen LogP contribution in [0.25, 0.3) is 11.1 Å². The van der Waals surface area contributed by atoms with E-state index in [2.05, 4.69) is 4.72 Å². The summed E-state index contributed by atoms with van der Waals surface area (Å²) in [6.07, 6.45) is 0. The lowest BCUT2D eigenvalue weighted by atomic mass is 10.0. The minimum absolute atomic E-state index is 0.0250. The number of fused-ring (bicyclic) bond motifs is 1. The molecular weight excluding hydrogens is 496 g/mol. The number of hydrogen-bond donors (Lipinski definition) is 2. The summed E-state index contributed by atoms with van der Waals surface area (Å²) in [7, 11) is -0.977. The van der Waals surface area contributed by atoms with E-state index in [0.29, 0.717) is 22.7 Å². The minimum atomic E-state index is -3.88. The largest absolute Gasteiger partial charge is 0.493 e. The van der Waals surface area contributed by atoms with Gasteiger partial charge in [-0.15, -0.1) is 0 Å². The molecule has 4 rings (SSSR count). The second-order valence-electron chi connectivity index (χ2n) is 9.03. The Balaban J connectivity index is 1.54. The number of nitrogens with one attached hydrogen (secondary N) is 1. The van der Waals surface area contributed by atoms with Crippen molar-refractivity contribution in [2.24, 2.45) is 5.92 Å². The van der Waals surface area contributed by atoms with E-state index in [9.17, 15) is 23.1 Å². The lowest BCUT2D eigenvalue weighted by Crippen LogP contribution is -2.44. The summed E-state index contributed by atoms with van der Waals surface area (Å²) in [6, 6.07) is 15.6. The molecule has 0 fully saturated rings. The van der Waals surface area contributed by atoms with Crippen molar-refractivity contribution in [1.82, 2.24) is 4.90 Å². The highest BCUT2D eigenvalue weighted by Gasteiger charge is 2.38. The lowest BCUT2D eigenvalue weighted by molar-refractivity contribution is -0.144. The van der Waals surface area contributed by atoms with Crippen molar-refractivity contribution < 1.29 is 32.6 Å². The number of carboxylic acids is 1. The highest BCUT2D eigenvalue weighted by Crippen LogP contribution is 2.33. The Kier molecular flexibility index (Phi) is 7.13. The van der Waals surface area contributed by atoms with Crippen molar-refractivity contribution >= 4 is 27.6 Å². The fourth-order valence-corrected chi connectivity index (χ4v) is 5.51. The predicted molar refractivity (Wildman–Crippen MR) is 138 cm³/mol. The quantitative estimate of drug-likeness (QED) is 0.429. The van der Waals surface area contributed by atoms with Crippen molar-refractivity contribution in [3.05, 3.63) is 71.8 Å². The van der Waals surface area contributed by atoms with E-state index in [4.69, 9.17) is 9.47 Å². The van der Waals surface area contributed by atoms with Gasteiger partial charge in [-0.1, -0.05) is 38.1 Å². The molecule has 0 aromatic heterocycles. The molecule has 2 N–H and O–H groups in total. The number of methoxy groups -OCH3 is 2. The molecule has 0 unspecified atom stereocenters. The van der Waals surface area contributed by atoms with Crippen LogP contribution in [0.5, 0.6) is 11.5 Å². The molecule has 3 aromatic rings. The standard InChI is InChI=1S/C27H28N2O7S/c1-16(2)25(27(31)32)29-15-19-6-5-18(13-22(19)26(29)30)17-7-9-20(10-8-17)28-37(33,34)21-11-12-23(35-3)24(14-21)36-4/h5-14,16,25,28H,15H2,1-4H3,(H,31,32)/t25-/m0/s1. The fraction of sp³-hybridized carbons (Fsp3) is 0.259. The fourth-order valence-electron chi connectivity index (χ4n) is 4.43. The van der Waals surface area contributed by atoms with Crippen molar-refractivity contribution in [1.29, 1.82) is 0 Å². The molecule has 0 spiro atoms. The number of aliphatic carboxylic acids is 1. The number of carbonyl (C=O) groups excluding carboxylic acids is 1. The van der Waals surface area contributed by atoms with Gasteiger partial charge >= 0.3 is 5.97 Å². The van der Waals surface area contributed by atoms with Gasteiger partial charge in [0, 0.05) is 23.9 Å². The van der Waals surface area contributed by atoms with Crippen molar-refractivity contribution in [2.75, 3.05) is 18.9 Å². The molecule has 0 saturated carbocycles. The van der Waals surface area contributed by atoms with Crippen LogP contribution in [0.2, 0.25) is 0 Å². The molecule has 10 heteroatoms. The number of sulfonamides is 1. The number of amides is 1. The van der Waals surface area contributed by atoms with E-state index in [0.717, 1.165) is 16.7 Å². The molecular formula is C27H28N2O7S. The van der Waals surface area contributed by atoms with Gasteiger partial charge in [0.1, 0.15) is 6.04 Å². The summed E-state index contributed by atoms with van der Waals surface area (Å²) in [5, 5.41) is 9.61. The molecule has 1 atom stereocenters. The van der Waals surface area contributed by atoms with E-state index in [1.165, 1.54) is 37.3 Å². The van der Waals surface area contributed by atoms with Crippen LogP contribution in [0.3, 0.4) is 0 Å². The van der Waals surface area contributed by atoms with Gasteiger partial charge in [0.25, 0.3) is 15.9 Å². The third-order valence-corrected chi connectivity index (χ3v) is 7.68. The molecule has 9 nitrogen and oxygen atoms in total. The Morgan fingerprint density at radius 2 is 1.59 bits per heavy atom. The molecule has 0 bridgehead atoms. The summed E-state index contributed by atoms with van der Waals surface area (Å²) in [5.41, 5.74) is 3.16. The van der Waals surface area contributed by atoms with E-state index >= 15 is 0 Å². The molecule has 1 amide bonds. The third kappa shape index (κ3) is 5.10. The van der Waals surface area contributed by atoms with Gasteiger partial charge in [-0.05, 0) is 52.9 Å². The Labute approximate surface area is 215 Å². The van der Waals surface area contributed by atoms with Crippen molar-refractivity contribution in [2.45, 2.75) is 31.3 Å². The van der Waals surface area contributed by atoms with Crippen molar-refractivity contribution in [3.8, 4) is 22.6 Å². The van der Waals surface area contributed by atoms with Crippen LogP contribution in [0, 0.1) is 5.92 Å². The van der Waals surface area contributed by atoms with Crippen LogP contribution in [0.4, 0.5) is 5.69 Å². The number of anilines is 1. The maximum atomic E-state index is 13.0. The van der Waals surface area contributed by atoms with Gasteiger partial charge in [-0.3, -0.25) is 9.52 Å². The Morgan fingerprint density at radius 3 is 2.19 bits per heavy atom. The Hall–Kier alpha value is -4.05. The van der Waals surface area contributed by atoms with Gasteiger partial charge in [0.15, 0.2) is 11.5 Å². The maximum Gasteiger partial charge on any atom is 0.326 e. The number of rotatable bonds is 9. The summed E-state index contributed by atoms with van der Waals surface area (Å²) in [6.45, 7) is 3.81. The van der Waals surface area contributed by atoms with Gasteiger partial charge in [0.2, 0.25) is 0 Å². The molecule has 1 aliphatic heterocycles. The van der Waals surface area contributed by atoms with Gasteiger partial charge in [-0.25, -0.2) is 13.2 Å². The van der Waals surface area contributed by atoms with Crippen LogP contribution in [-0.2, 0) is 21.4 Å². The molecule has 1 aliphatic rings. The molecule has 194 valence electrons. The third-order valence-electron chi connectivity index (χ3n) is 6.30. The molecule has 37 heavy (non-hydrogen) atoms. The second kappa shape index (κ2) is 10.1. The van der Waals surface area contributed by atoms with Crippen molar-refractivity contribution in [3.63, 3.8) is 0 Å². The number of ether oxygens (including phenoxy) is 2. The molecule has 3 aromatic carbocycles. The van der Waals surface area contributed by atoms with E-state index in [1.54, 1.807) is 44.2 Å². The Bertz CT molecular complexity index is 1450. The first-order chi connectivity index (χ1) is 17.6. The molecule has 0 saturated heterocycles. The average molecular weight is 525 g/mol. The first-order valence-corrected chi connectivity index (χ1v) is 13.1. The zero-order chi connectivity index (χ0) is 26.9. The average Bonchev–Trinajstić information content (AvgIpc) is 3.18. The van der Waals surface area contributed by atoms with Gasteiger partial charge < -0.3 is 19.5 Å².